The molecule has 2 aromatic rings. The van der Waals surface area contributed by atoms with Gasteiger partial charge in [0.15, 0.2) is 0 Å². The van der Waals surface area contributed by atoms with Crippen LogP contribution in [0.15, 0.2) is 24.3 Å². The molecule has 0 aliphatic carbocycles. The maximum absolute atomic E-state index is 6.18. The van der Waals surface area contributed by atoms with Crippen LogP contribution in [0, 0.1) is 5.41 Å². The highest BCUT2D eigenvalue weighted by Crippen LogP contribution is 2.35. The lowest BCUT2D eigenvalue weighted by Gasteiger charge is -2.34. The van der Waals surface area contributed by atoms with E-state index in [0.29, 0.717) is 5.88 Å². The summed E-state index contributed by atoms with van der Waals surface area (Å²) in [6, 6.07) is 8.29. The molecule has 0 amide bonds. The fraction of sp³-hybridized carbons (Fsp3) is 0.500. The average molecular weight is 282 g/mol. The lowest BCUT2D eigenvalue weighted by molar-refractivity contribution is 0.00477. The van der Waals surface area contributed by atoms with Crippen LogP contribution < -0.4 is 0 Å². The molecule has 0 spiro atoms. The monoisotopic (exact) mass is 281 g/mol. The van der Waals surface area contributed by atoms with Crippen molar-refractivity contribution in [1.29, 1.82) is 0 Å². The summed E-state index contributed by atoms with van der Waals surface area (Å²) in [7, 11) is 0. The summed E-state index contributed by atoms with van der Waals surface area (Å²) in [6.07, 6.45) is 3.19. The van der Waals surface area contributed by atoms with Crippen molar-refractivity contribution in [3.63, 3.8) is 0 Å². The molecule has 1 aliphatic heterocycles. The van der Waals surface area contributed by atoms with E-state index in [0.717, 1.165) is 38.0 Å². The van der Waals surface area contributed by atoms with Gasteiger partial charge in [-0.2, -0.15) is 0 Å². The zero-order valence-corrected chi connectivity index (χ0v) is 11.8. The first-order chi connectivity index (χ1) is 8.81. The van der Waals surface area contributed by atoms with Crippen LogP contribution in [0.4, 0.5) is 0 Å². The molecule has 2 nitrogen and oxygen atoms in total. The van der Waals surface area contributed by atoms with Crippen LogP contribution in [0.5, 0.6) is 0 Å². The van der Waals surface area contributed by atoms with E-state index in [1.807, 2.05) is 6.07 Å². The van der Waals surface area contributed by atoms with Gasteiger partial charge >= 0.3 is 0 Å². The Balaban J connectivity index is 1.85. The van der Waals surface area contributed by atoms with Gasteiger partial charge in [-0.15, -0.1) is 22.9 Å². The number of halogens is 1. The Morgan fingerprint density at radius 1 is 1.39 bits per heavy atom. The molecule has 1 unspecified atom stereocenters. The van der Waals surface area contributed by atoms with E-state index >= 15 is 0 Å². The van der Waals surface area contributed by atoms with E-state index in [-0.39, 0.29) is 5.41 Å². The molecule has 96 valence electrons. The summed E-state index contributed by atoms with van der Waals surface area (Å²) < 4.78 is 6.87. The number of hydrogen-bond donors (Lipinski definition) is 0. The Morgan fingerprint density at radius 3 is 3.00 bits per heavy atom. The second-order valence-electron chi connectivity index (χ2n) is 5.04. The molecule has 1 atom stereocenters. The van der Waals surface area contributed by atoms with E-state index in [4.69, 9.17) is 21.3 Å². The van der Waals surface area contributed by atoms with Crippen molar-refractivity contribution in [3.05, 3.63) is 29.3 Å². The largest absolute Gasteiger partial charge is 0.381 e. The van der Waals surface area contributed by atoms with Gasteiger partial charge in [-0.25, -0.2) is 4.98 Å². The van der Waals surface area contributed by atoms with Gasteiger partial charge in [-0.05, 0) is 25.0 Å². The smallest absolute Gasteiger partial charge is 0.0945 e. The average Bonchev–Trinajstić information content (AvgIpc) is 2.81. The zero-order chi connectivity index (χ0) is 12.4. The van der Waals surface area contributed by atoms with Crippen molar-refractivity contribution in [2.24, 2.45) is 5.41 Å². The molecule has 3 rings (SSSR count). The van der Waals surface area contributed by atoms with Gasteiger partial charge in [-0.1, -0.05) is 12.1 Å². The van der Waals surface area contributed by atoms with Gasteiger partial charge in [-0.3, -0.25) is 0 Å². The Bertz CT molecular complexity index is 500. The second kappa shape index (κ2) is 5.16. The maximum Gasteiger partial charge on any atom is 0.0945 e. The Kier molecular flexibility index (Phi) is 3.55. The number of hydrogen-bond acceptors (Lipinski definition) is 3. The summed E-state index contributed by atoms with van der Waals surface area (Å²) in [4.78, 5) is 4.70. The molecular formula is C14H16ClNOS. The first kappa shape index (κ1) is 12.4. The summed E-state index contributed by atoms with van der Waals surface area (Å²) in [6.45, 7) is 1.64. The quantitative estimate of drug-likeness (QED) is 0.797. The zero-order valence-electron chi connectivity index (χ0n) is 10.2. The molecule has 0 bridgehead atoms. The molecule has 1 aliphatic rings. The fourth-order valence-corrected chi connectivity index (χ4v) is 3.96. The van der Waals surface area contributed by atoms with Gasteiger partial charge in [0, 0.05) is 24.3 Å². The maximum atomic E-state index is 6.18. The number of alkyl halides is 1. The van der Waals surface area contributed by atoms with Crippen molar-refractivity contribution in [1.82, 2.24) is 4.98 Å². The Morgan fingerprint density at radius 2 is 2.28 bits per heavy atom. The lowest BCUT2D eigenvalue weighted by atomic mass is 9.81. The third-order valence-electron chi connectivity index (χ3n) is 3.55. The first-order valence-electron chi connectivity index (χ1n) is 6.30. The number of rotatable bonds is 3. The van der Waals surface area contributed by atoms with Crippen LogP contribution in [0.2, 0.25) is 0 Å². The highest BCUT2D eigenvalue weighted by molar-refractivity contribution is 7.18. The second-order valence-corrected chi connectivity index (χ2v) is 6.42. The van der Waals surface area contributed by atoms with Crippen molar-refractivity contribution in [2.75, 3.05) is 19.1 Å². The molecule has 2 heterocycles. The number of nitrogens with zero attached hydrogens (tertiary/aromatic N) is 1. The van der Waals surface area contributed by atoms with E-state index in [9.17, 15) is 0 Å². The van der Waals surface area contributed by atoms with Crippen molar-refractivity contribution < 1.29 is 4.74 Å². The predicted octanol–water partition coefficient (Wildman–Crippen LogP) is 3.87. The number of fused-ring (bicyclic) bond motifs is 1. The SMILES string of the molecule is ClCC1(Cc2nc3ccccc3s2)CCCOC1. The van der Waals surface area contributed by atoms with E-state index in [1.165, 1.54) is 9.71 Å². The minimum Gasteiger partial charge on any atom is -0.381 e. The van der Waals surface area contributed by atoms with Gasteiger partial charge in [0.2, 0.25) is 0 Å². The molecule has 1 saturated heterocycles. The Hall–Kier alpha value is -0.640. The molecule has 0 N–H and O–H groups in total. The minimum atomic E-state index is 0.0910. The number of ether oxygens (including phenoxy) is 1. The first-order valence-corrected chi connectivity index (χ1v) is 7.65. The predicted molar refractivity (Wildman–Crippen MR) is 76.5 cm³/mol. The van der Waals surface area contributed by atoms with Crippen LogP contribution >= 0.6 is 22.9 Å². The molecule has 4 heteroatoms. The fourth-order valence-electron chi connectivity index (χ4n) is 2.52. The number of benzene rings is 1. The molecule has 0 saturated carbocycles. The molecule has 0 radical (unpaired) electrons. The number of para-hydroxylation sites is 1. The summed E-state index contributed by atoms with van der Waals surface area (Å²) >= 11 is 7.96. The van der Waals surface area contributed by atoms with Crippen LogP contribution in [0.1, 0.15) is 17.8 Å². The van der Waals surface area contributed by atoms with Crippen molar-refractivity contribution in [2.45, 2.75) is 19.3 Å². The summed E-state index contributed by atoms with van der Waals surface area (Å²) in [5.41, 5.74) is 1.19. The molecular weight excluding hydrogens is 266 g/mol. The third-order valence-corrected chi connectivity index (χ3v) is 5.16. The third kappa shape index (κ3) is 2.40. The van der Waals surface area contributed by atoms with E-state index in [2.05, 4.69) is 18.2 Å². The minimum absolute atomic E-state index is 0.0910. The van der Waals surface area contributed by atoms with E-state index in [1.54, 1.807) is 11.3 Å². The van der Waals surface area contributed by atoms with Gasteiger partial charge in [0.25, 0.3) is 0 Å². The molecule has 1 aromatic heterocycles. The molecule has 1 fully saturated rings. The molecule has 18 heavy (non-hydrogen) atoms. The van der Waals surface area contributed by atoms with Gasteiger partial charge < -0.3 is 4.74 Å². The van der Waals surface area contributed by atoms with Crippen LogP contribution in [0.3, 0.4) is 0 Å². The molecule has 1 aromatic carbocycles. The lowest BCUT2D eigenvalue weighted by Crippen LogP contribution is -2.35. The van der Waals surface area contributed by atoms with Crippen LogP contribution in [0.25, 0.3) is 10.2 Å². The number of aromatic nitrogens is 1. The topological polar surface area (TPSA) is 22.1 Å². The standard InChI is InChI=1S/C14H16ClNOS/c15-9-14(6-3-7-17-10-14)8-13-16-11-4-1-2-5-12(11)18-13/h1-2,4-5H,3,6-10H2. The highest BCUT2D eigenvalue weighted by Gasteiger charge is 2.33. The van der Waals surface area contributed by atoms with Gasteiger partial charge in [0.05, 0.1) is 21.8 Å². The summed E-state index contributed by atoms with van der Waals surface area (Å²) in [5, 5.41) is 1.18. The number of thiazole rings is 1. The van der Waals surface area contributed by atoms with Crippen LogP contribution in [-0.2, 0) is 11.2 Å². The van der Waals surface area contributed by atoms with Crippen LogP contribution in [-0.4, -0.2) is 24.1 Å². The van der Waals surface area contributed by atoms with E-state index < -0.39 is 0 Å². The summed E-state index contributed by atoms with van der Waals surface area (Å²) in [5.74, 6) is 0.656. The van der Waals surface area contributed by atoms with Crippen molar-refractivity contribution in [3.8, 4) is 0 Å². The highest BCUT2D eigenvalue weighted by atomic mass is 35.5. The Labute approximate surface area is 116 Å². The van der Waals surface area contributed by atoms with Crippen molar-refractivity contribution >= 4 is 33.2 Å². The normalized spacial score (nSPS) is 24.5. The van der Waals surface area contributed by atoms with Gasteiger partial charge in [0.1, 0.15) is 0 Å².